The Kier molecular flexibility index (Phi) is 8.13. The van der Waals surface area contributed by atoms with Gasteiger partial charge in [0.1, 0.15) is 28.1 Å². The first-order chi connectivity index (χ1) is 16.3. The van der Waals surface area contributed by atoms with Gasteiger partial charge in [-0.3, -0.25) is 13.8 Å². The van der Waals surface area contributed by atoms with Crippen LogP contribution in [0.2, 0.25) is 5.15 Å². The molecule has 0 spiro atoms. The standard InChI is InChI=1S/C23H30ClN3O7S/c1-15(29)5-7-17-13-27(35(31,32)20-14-26(9-10-28)25-22(20)24)18-11-16(6-8-19(18)33-17)12-21(30)34-23(2,3)4/h6,8,11,14,17,28H,5,7,9-10,12-13H2,1-4H3/t17-/m0/s1. The van der Waals surface area contributed by atoms with Crippen molar-refractivity contribution in [3.63, 3.8) is 0 Å². The third kappa shape index (κ3) is 6.74. The summed E-state index contributed by atoms with van der Waals surface area (Å²) >= 11 is 6.16. The number of nitrogens with zero attached hydrogens (tertiary/aromatic N) is 3. The smallest absolute Gasteiger partial charge is 0.310 e. The molecule has 1 atom stereocenters. The van der Waals surface area contributed by atoms with Crippen LogP contribution in [0.3, 0.4) is 0 Å². The number of hydrogen-bond donors (Lipinski definition) is 1. The number of carbonyl (C=O) groups is 2. The lowest BCUT2D eigenvalue weighted by Gasteiger charge is -2.35. The molecule has 10 nitrogen and oxygen atoms in total. The summed E-state index contributed by atoms with van der Waals surface area (Å²) in [7, 11) is -4.19. The predicted octanol–water partition coefficient (Wildman–Crippen LogP) is 2.74. The number of aliphatic hydroxyl groups excluding tert-OH is 1. The molecule has 35 heavy (non-hydrogen) atoms. The van der Waals surface area contributed by atoms with Crippen LogP contribution < -0.4 is 9.04 Å². The van der Waals surface area contributed by atoms with E-state index in [2.05, 4.69) is 5.10 Å². The Balaban J connectivity index is 2.00. The van der Waals surface area contributed by atoms with E-state index in [-0.39, 0.29) is 54.1 Å². The Labute approximate surface area is 209 Å². The Hall–Kier alpha value is -2.63. The number of aliphatic hydroxyl groups is 1. The molecule has 0 fully saturated rings. The van der Waals surface area contributed by atoms with Gasteiger partial charge in [-0.25, -0.2) is 8.42 Å². The lowest BCUT2D eigenvalue weighted by atomic mass is 10.1. The monoisotopic (exact) mass is 527 g/mol. The molecule has 2 heterocycles. The molecule has 0 bridgehead atoms. The second-order valence-electron chi connectivity index (χ2n) is 9.35. The summed E-state index contributed by atoms with van der Waals surface area (Å²) in [5.74, 6) is -0.175. The third-order valence-electron chi connectivity index (χ3n) is 5.12. The minimum atomic E-state index is -4.19. The van der Waals surface area contributed by atoms with Gasteiger partial charge in [0.05, 0.1) is 31.8 Å². The topological polar surface area (TPSA) is 128 Å². The maximum atomic E-state index is 13.7. The SMILES string of the molecule is CC(=O)CC[C@H]1CN(S(=O)(=O)c2cn(CCO)nc2Cl)c2cc(CC(=O)OC(C)(C)C)ccc2O1. The van der Waals surface area contributed by atoms with Gasteiger partial charge in [0, 0.05) is 12.6 Å². The van der Waals surface area contributed by atoms with E-state index >= 15 is 0 Å². The van der Waals surface area contributed by atoms with Gasteiger partial charge in [-0.2, -0.15) is 5.10 Å². The fourth-order valence-corrected chi connectivity index (χ4v) is 5.59. The Morgan fingerprint density at radius 3 is 2.66 bits per heavy atom. The number of fused-ring (bicyclic) bond motifs is 1. The first kappa shape index (κ1) is 27.0. The number of hydrogen-bond acceptors (Lipinski definition) is 8. The highest BCUT2D eigenvalue weighted by Crippen LogP contribution is 2.39. The molecule has 12 heteroatoms. The van der Waals surface area contributed by atoms with Crippen molar-refractivity contribution in [2.45, 2.75) is 70.1 Å². The van der Waals surface area contributed by atoms with Gasteiger partial charge >= 0.3 is 5.97 Å². The lowest BCUT2D eigenvalue weighted by molar-refractivity contribution is -0.153. The fraction of sp³-hybridized carbons (Fsp3) is 0.522. The molecule has 3 rings (SSSR count). The number of aromatic nitrogens is 2. The van der Waals surface area contributed by atoms with Gasteiger partial charge < -0.3 is 19.4 Å². The summed E-state index contributed by atoms with van der Waals surface area (Å²) in [4.78, 5) is 23.6. The van der Waals surface area contributed by atoms with Crippen LogP contribution in [0, 0.1) is 0 Å². The largest absolute Gasteiger partial charge is 0.486 e. The van der Waals surface area contributed by atoms with Crippen LogP contribution in [0.4, 0.5) is 5.69 Å². The molecule has 192 valence electrons. The zero-order chi connectivity index (χ0) is 26.0. The van der Waals surface area contributed by atoms with E-state index in [0.29, 0.717) is 17.7 Å². The van der Waals surface area contributed by atoms with Crippen molar-refractivity contribution < 1.29 is 32.6 Å². The molecule has 1 aliphatic heterocycles. The third-order valence-corrected chi connectivity index (χ3v) is 7.30. The number of benzene rings is 1. The van der Waals surface area contributed by atoms with Crippen molar-refractivity contribution in [2.75, 3.05) is 17.5 Å². The van der Waals surface area contributed by atoms with Gasteiger partial charge in [0.25, 0.3) is 10.0 Å². The fourth-order valence-electron chi connectivity index (χ4n) is 3.64. The van der Waals surface area contributed by atoms with E-state index in [0.717, 1.165) is 0 Å². The van der Waals surface area contributed by atoms with Crippen molar-refractivity contribution in [1.82, 2.24) is 9.78 Å². The number of ether oxygens (including phenoxy) is 2. The molecule has 0 amide bonds. The average Bonchev–Trinajstić information content (AvgIpc) is 3.11. The molecule has 0 saturated carbocycles. The van der Waals surface area contributed by atoms with Gasteiger partial charge in [0.15, 0.2) is 5.15 Å². The Bertz CT molecular complexity index is 1200. The summed E-state index contributed by atoms with van der Waals surface area (Å²) in [5.41, 5.74) is 0.140. The average molecular weight is 528 g/mol. The quantitative estimate of drug-likeness (QED) is 0.493. The van der Waals surface area contributed by atoms with E-state index in [1.165, 1.54) is 22.1 Å². The van der Waals surface area contributed by atoms with Crippen molar-refractivity contribution in [2.24, 2.45) is 0 Å². The number of Topliss-reactive ketones (excluding diaryl/α,β-unsaturated/α-hetero) is 1. The minimum absolute atomic E-state index is 0.0326. The van der Waals surface area contributed by atoms with E-state index < -0.39 is 27.7 Å². The number of rotatable bonds is 9. The van der Waals surface area contributed by atoms with Crippen LogP contribution >= 0.6 is 11.6 Å². The molecular formula is C23H30ClN3O7S. The summed E-state index contributed by atoms with van der Waals surface area (Å²) < 4.78 is 41.2. The van der Waals surface area contributed by atoms with Gasteiger partial charge in [-0.05, 0) is 51.8 Å². The highest BCUT2D eigenvalue weighted by molar-refractivity contribution is 7.93. The minimum Gasteiger partial charge on any atom is -0.486 e. The van der Waals surface area contributed by atoms with Crippen LogP contribution in [-0.2, 0) is 37.3 Å². The van der Waals surface area contributed by atoms with Crippen LogP contribution in [0.15, 0.2) is 29.3 Å². The summed E-state index contributed by atoms with van der Waals surface area (Å²) in [6.07, 6.45) is 1.21. The lowest BCUT2D eigenvalue weighted by Crippen LogP contribution is -2.43. The van der Waals surface area contributed by atoms with Crippen molar-refractivity contribution in [3.8, 4) is 5.75 Å². The highest BCUT2D eigenvalue weighted by atomic mass is 35.5. The first-order valence-corrected chi connectivity index (χ1v) is 13.0. The van der Waals surface area contributed by atoms with Crippen LogP contribution in [0.1, 0.15) is 46.1 Å². The van der Waals surface area contributed by atoms with E-state index in [4.69, 9.17) is 26.2 Å². The van der Waals surface area contributed by atoms with Crippen LogP contribution in [-0.4, -0.2) is 59.9 Å². The Morgan fingerprint density at radius 1 is 1.31 bits per heavy atom. The maximum absolute atomic E-state index is 13.7. The summed E-state index contributed by atoms with van der Waals surface area (Å²) in [6.45, 7) is 6.55. The summed E-state index contributed by atoms with van der Waals surface area (Å²) in [5, 5.41) is 12.9. The second kappa shape index (κ2) is 10.5. The molecule has 1 N–H and O–H groups in total. The van der Waals surface area contributed by atoms with Crippen molar-refractivity contribution in [1.29, 1.82) is 0 Å². The predicted molar refractivity (Wildman–Crippen MR) is 129 cm³/mol. The van der Waals surface area contributed by atoms with Gasteiger partial charge in [-0.1, -0.05) is 17.7 Å². The maximum Gasteiger partial charge on any atom is 0.310 e. The number of sulfonamides is 1. The number of anilines is 1. The molecule has 1 aromatic heterocycles. The van der Waals surface area contributed by atoms with E-state index in [9.17, 15) is 18.0 Å². The zero-order valence-electron chi connectivity index (χ0n) is 20.2. The zero-order valence-corrected chi connectivity index (χ0v) is 21.7. The highest BCUT2D eigenvalue weighted by Gasteiger charge is 2.37. The number of ketones is 1. The number of carbonyl (C=O) groups excluding carboxylic acids is 2. The van der Waals surface area contributed by atoms with Gasteiger partial charge in [-0.15, -0.1) is 0 Å². The first-order valence-electron chi connectivity index (χ1n) is 11.2. The molecule has 1 aliphatic rings. The van der Waals surface area contributed by atoms with Crippen molar-refractivity contribution >= 4 is 39.1 Å². The molecule has 1 aromatic carbocycles. The van der Waals surface area contributed by atoms with Crippen LogP contribution in [0.5, 0.6) is 5.75 Å². The van der Waals surface area contributed by atoms with E-state index in [1.807, 2.05) is 0 Å². The van der Waals surface area contributed by atoms with Crippen molar-refractivity contribution in [3.05, 3.63) is 35.1 Å². The second-order valence-corrected chi connectivity index (χ2v) is 11.5. The van der Waals surface area contributed by atoms with E-state index in [1.54, 1.807) is 39.0 Å². The Morgan fingerprint density at radius 2 is 2.03 bits per heavy atom. The van der Waals surface area contributed by atoms with Crippen LogP contribution in [0.25, 0.3) is 0 Å². The molecule has 2 aromatic rings. The molecular weight excluding hydrogens is 498 g/mol. The molecule has 0 unspecified atom stereocenters. The molecule has 0 aliphatic carbocycles. The molecule has 0 radical (unpaired) electrons. The van der Waals surface area contributed by atoms with Gasteiger partial charge in [0.2, 0.25) is 0 Å². The normalized spacial score (nSPS) is 15.9. The summed E-state index contributed by atoms with van der Waals surface area (Å²) in [6, 6.07) is 4.85. The number of esters is 1. The molecule has 0 saturated heterocycles. The number of halogens is 1.